The molecule has 0 bridgehead atoms. The van der Waals surface area contributed by atoms with E-state index in [4.69, 9.17) is 9.47 Å². The first-order valence-corrected chi connectivity index (χ1v) is 10.7. The average molecular weight is 425 g/mol. The molecule has 1 unspecified atom stereocenters. The Morgan fingerprint density at radius 2 is 1.88 bits per heavy atom. The van der Waals surface area contributed by atoms with Crippen molar-refractivity contribution in [2.24, 2.45) is 11.3 Å². The minimum Gasteiger partial charge on any atom is -0.493 e. The third kappa shape index (κ3) is 4.27. The van der Waals surface area contributed by atoms with Crippen LogP contribution in [0, 0.1) is 11.3 Å². The molecule has 4 heteroatoms. The number of rotatable bonds is 7. The van der Waals surface area contributed by atoms with Crippen LogP contribution in [0.3, 0.4) is 0 Å². The predicted molar refractivity (Wildman–Crippen MR) is 111 cm³/mol. The lowest BCUT2D eigenvalue weighted by atomic mass is 9.66. The normalized spacial score (nSPS) is 19.7. The van der Waals surface area contributed by atoms with Crippen molar-refractivity contribution in [3.8, 4) is 11.5 Å². The van der Waals surface area contributed by atoms with Gasteiger partial charge in [-0.05, 0) is 42.6 Å². The molecule has 1 aromatic rings. The van der Waals surface area contributed by atoms with Crippen molar-refractivity contribution >= 4 is 21.7 Å². The molecule has 0 aliphatic heterocycles. The van der Waals surface area contributed by atoms with E-state index in [1.54, 1.807) is 14.2 Å². The van der Waals surface area contributed by atoms with E-state index in [0.29, 0.717) is 17.0 Å². The van der Waals surface area contributed by atoms with E-state index in [1.165, 1.54) is 11.1 Å². The summed E-state index contributed by atoms with van der Waals surface area (Å²) >= 11 is 3.62. The molecule has 1 saturated carbocycles. The molecule has 2 rings (SSSR count). The van der Waals surface area contributed by atoms with E-state index in [1.807, 2.05) is 0 Å². The van der Waals surface area contributed by atoms with Crippen molar-refractivity contribution in [3.05, 3.63) is 22.8 Å². The lowest BCUT2D eigenvalue weighted by Gasteiger charge is -2.37. The quantitative estimate of drug-likeness (QED) is 0.499. The lowest BCUT2D eigenvalue weighted by molar-refractivity contribution is -0.129. The van der Waals surface area contributed by atoms with Crippen LogP contribution in [0.2, 0.25) is 0 Å². The van der Waals surface area contributed by atoms with E-state index < -0.39 is 0 Å². The molecule has 0 spiro atoms. The van der Waals surface area contributed by atoms with Crippen LogP contribution >= 0.6 is 15.9 Å². The number of aryl methyl sites for hydroxylation is 1. The molecule has 3 nitrogen and oxygen atoms in total. The van der Waals surface area contributed by atoms with Crippen LogP contribution < -0.4 is 9.47 Å². The van der Waals surface area contributed by atoms with Crippen LogP contribution in [-0.4, -0.2) is 20.0 Å². The summed E-state index contributed by atoms with van der Waals surface area (Å²) in [5.74, 6) is 2.57. The Hall–Kier alpha value is -1.03. The van der Waals surface area contributed by atoms with Crippen molar-refractivity contribution < 1.29 is 14.3 Å². The maximum atomic E-state index is 12.5. The predicted octanol–water partition coefficient (Wildman–Crippen LogP) is 6.05. The number of ether oxygens (including phenoxy) is 2. The van der Waals surface area contributed by atoms with Crippen molar-refractivity contribution in [1.29, 1.82) is 0 Å². The van der Waals surface area contributed by atoms with Gasteiger partial charge in [0, 0.05) is 28.8 Å². The van der Waals surface area contributed by atoms with Crippen LogP contribution in [0.5, 0.6) is 11.5 Å². The van der Waals surface area contributed by atoms with E-state index >= 15 is 0 Å². The third-order valence-electron chi connectivity index (χ3n) is 5.90. The van der Waals surface area contributed by atoms with Gasteiger partial charge in [-0.1, -0.05) is 49.7 Å². The summed E-state index contributed by atoms with van der Waals surface area (Å²) in [5, 5.41) is 0.711. The molecular weight excluding hydrogens is 392 g/mol. The number of Topliss-reactive ketones (excluding diaryl/α,β-unsaturated/α-hetero) is 1. The van der Waals surface area contributed by atoms with Gasteiger partial charge in [-0.15, -0.1) is 0 Å². The first-order chi connectivity index (χ1) is 12.3. The topological polar surface area (TPSA) is 35.5 Å². The summed E-state index contributed by atoms with van der Waals surface area (Å²) in [4.78, 5) is 12.5. The highest BCUT2D eigenvalue weighted by atomic mass is 79.9. The molecule has 1 aliphatic rings. The standard InChI is InChI=1S/C22H33BrO3/c1-14(2)16-12-15(17(13-23)21(26-6)20(16)25-5)9-10-18-19(24)8-7-11-22(18,3)4/h12,14,18H,7-11,13H2,1-6H3. The molecule has 0 saturated heterocycles. The highest BCUT2D eigenvalue weighted by molar-refractivity contribution is 9.08. The SMILES string of the molecule is COc1c(C(C)C)cc(CCC2C(=O)CCCC2(C)C)c(CBr)c1OC. The monoisotopic (exact) mass is 424 g/mol. The first kappa shape index (κ1) is 21.3. The molecule has 1 aliphatic carbocycles. The number of methoxy groups -OCH3 is 2. The number of alkyl halides is 1. The molecule has 0 heterocycles. The van der Waals surface area contributed by atoms with Gasteiger partial charge in [0.05, 0.1) is 14.2 Å². The van der Waals surface area contributed by atoms with E-state index in [2.05, 4.69) is 49.7 Å². The smallest absolute Gasteiger partial charge is 0.165 e. The molecule has 0 radical (unpaired) electrons. The van der Waals surface area contributed by atoms with Gasteiger partial charge in [-0.3, -0.25) is 4.79 Å². The zero-order valence-corrected chi connectivity index (χ0v) is 18.7. The Labute approximate surface area is 167 Å². The van der Waals surface area contributed by atoms with Gasteiger partial charge in [0.15, 0.2) is 11.5 Å². The van der Waals surface area contributed by atoms with Gasteiger partial charge in [-0.2, -0.15) is 0 Å². The maximum absolute atomic E-state index is 12.5. The second-order valence-corrected chi connectivity index (χ2v) is 8.92. The minimum absolute atomic E-state index is 0.0985. The van der Waals surface area contributed by atoms with Gasteiger partial charge in [-0.25, -0.2) is 0 Å². The molecule has 1 atom stereocenters. The highest BCUT2D eigenvalue weighted by Gasteiger charge is 2.37. The third-order valence-corrected chi connectivity index (χ3v) is 6.46. The van der Waals surface area contributed by atoms with Crippen LogP contribution in [0.15, 0.2) is 6.07 Å². The molecule has 26 heavy (non-hydrogen) atoms. The highest BCUT2D eigenvalue weighted by Crippen LogP contribution is 2.44. The second-order valence-electron chi connectivity index (χ2n) is 8.36. The molecule has 1 aromatic carbocycles. The summed E-state index contributed by atoms with van der Waals surface area (Å²) in [6.45, 7) is 8.83. The summed E-state index contributed by atoms with van der Waals surface area (Å²) in [6.07, 6.45) is 4.70. The first-order valence-electron chi connectivity index (χ1n) is 9.62. The maximum Gasteiger partial charge on any atom is 0.165 e. The number of carbonyl (C=O) groups is 1. The molecule has 146 valence electrons. The zero-order valence-electron chi connectivity index (χ0n) is 17.1. The number of benzene rings is 1. The number of hydrogen-bond acceptors (Lipinski definition) is 3. The Kier molecular flexibility index (Phi) is 7.18. The van der Waals surface area contributed by atoms with Crippen molar-refractivity contribution in [2.45, 2.75) is 71.0 Å². The molecule has 1 fully saturated rings. The Morgan fingerprint density at radius 3 is 2.38 bits per heavy atom. The van der Waals surface area contributed by atoms with Gasteiger partial charge in [0.1, 0.15) is 5.78 Å². The molecule has 0 aromatic heterocycles. The number of carbonyl (C=O) groups excluding carboxylic acids is 1. The van der Waals surface area contributed by atoms with E-state index in [0.717, 1.165) is 49.2 Å². The van der Waals surface area contributed by atoms with Gasteiger partial charge in [0.25, 0.3) is 0 Å². The summed E-state index contributed by atoms with van der Waals surface area (Å²) in [5.41, 5.74) is 3.66. The Balaban J connectivity index is 2.39. The van der Waals surface area contributed by atoms with Crippen LogP contribution in [0.1, 0.15) is 76.0 Å². The zero-order chi connectivity index (χ0) is 19.5. The fraction of sp³-hybridized carbons (Fsp3) is 0.682. The fourth-order valence-electron chi connectivity index (χ4n) is 4.33. The fourth-order valence-corrected chi connectivity index (χ4v) is 4.95. The molecule has 0 amide bonds. The minimum atomic E-state index is 0.0985. The summed E-state index contributed by atoms with van der Waals surface area (Å²) in [7, 11) is 3.40. The number of halogens is 1. The van der Waals surface area contributed by atoms with E-state index in [-0.39, 0.29) is 11.3 Å². The summed E-state index contributed by atoms with van der Waals surface area (Å²) < 4.78 is 11.4. The summed E-state index contributed by atoms with van der Waals surface area (Å²) in [6, 6.07) is 2.25. The molecular formula is C22H33BrO3. The lowest BCUT2D eigenvalue weighted by Crippen LogP contribution is -2.35. The van der Waals surface area contributed by atoms with Crippen molar-refractivity contribution in [2.75, 3.05) is 14.2 Å². The van der Waals surface area contributed by atoms with Crippen LogP contribution in [-0.2, 0) is 16.5 Å². The van der Waals surface area contributed by atoms with Crippen LogP contribution in [0.25, 0.3) is 0 Å². The van der Waals surface area contributed by atoms with Crippen molar-refractivity contribution in [3.63, 3.8) is 0 Å². The molecule has 0 N–H and O–H groups in total. The van der Waals surface area contributed by atoms with Crippen molar-refractivity contribution in [1.82, 2.24) is 0 Å². The number of ketones is 1. The number of hydrogen-bond donors (Lipinski definition) is 0. The average Bonchev–Trinajstić information content (AvgIpc) is 2.58. The van der Waals surface area contributed by atoms with Crippen LogP contribution in [0.4, 0.5) is 0 Å². The van der Waals surface area contributed by atoms with Gasteiger partial charge < -0.3 is 9.47 Å². The van der Waals surface area contributed by atoms with Gasteiger partial charge >= 0.3 is 0 Å². The van der Waals surface area contributed by atoms with Gasteiger partial charge in [0.2, 0.25) is 0 Å². The Morgan fingerprint density at radius 1 is 1.23 bits per heavy atom. The van der Waals surface area contributed by atoms with E-state index in [9.17, 15) is 4.79 Å². The largest absolute Gasteiger partial charge is 0.493 e. The second kappa shape index (κ2) is 8.77. The Bertz CT molecular complexity index is 649.